The number of benzene rings is 1. The van der Waals surface area contributed by atoms with Crippen LogP contribution in [0.2, 0.25) is 0 Å². The number of hydrogen-bond donors (Lipinski definition) is 1. The van der Waals surface area contributed by atoms with Crippen molar-refractivity contribution in [1.82, 2.24) is 5.32 Å². The van der Waals surface area contributed by atoms with Crippen LogP contribution in [0.4, 0.5) is 5.69 Å². The molecule has 2 unspecified atom stereocenters. The van der Waals surface area contributed by atoms with Crippen LogP contribution in [-0.4, -0.2) is 30.8 Å². The summed E-state index contributed by atoms with van der Waals surface area (Å²) in [6, 6.07) is 9.25. The zero-order chi connectivity index (χ0) is 14.2. The predicted octanol–water partition coefficient (Wildman–Crippen LogP) is 2.94. The van der Waals surface area contributed by atoms with Crippen molar-refractivity contribution in [2.24, 2.45) is 0 Å². The highest BCUT2D eigenvalue weighted by Crippen LogP contribution is 2.31. The molecule has 1 fully saturated rings. The van der Waals surface area contributed by atoms with Crippen molar-refractivity contribution in [3.05, 3.63) is 29.8 Å². The largest absolute Gasteiger partial charge is 0.371 e. The number of rotatable bonds is 2. The minimum Gasteiger partial charge on any atom is -0.371 e. The average Bonchev–Trinajstić information content (AvgIpc) is 2.66. The number of nitrogens with one attached hydrogen (secondary N) is 1. The van der Waals surface area contributed by atoms with E-state index in [1.807, 2.05) is 0 Å². The van der Waals surface area contributed by atoms with Gasteiger partial charge < -0.3 is 15.0 Å². The zero-order valence-corrected chi connectivity index (χ0v) is 12.9. The lowest BCUT2D eigenvalue weighted by Crippen LogP contribution is -2.40. The molecule has 1 saturated heterocycles. The molecular weight excluding hydrogens is 248 g/mol. The summed E-state index contributed by atoms with van der Waals surface area (Å²) < 4.78 is 6.18. The molecule has 1 aromatic carbocycles. The molecule has 0 spiro atoms. The van der Waals surface area contributed by atoms with Crippen LogP contribution in [0.5, 0.6) is 0 Å². The molecule has 110 valence electrons. The maximum atomic E-state index is 6.18. The van der Waals surface area contributed by atoms with E-state index in [1.165, 1.54) is 24.1 Å². The van der Waals surface area contributed by atoms with Crippen LogP contribution in [0, 0.1) is 0 Å². The summed E-state index contributed by atoms with van der Waals surface area (Å²) in [4.78, 5) is 2.51. The van der Waals surface area contributed by atoms with Gasteiger partial charge in [-0.3, -0.25) is 0 Å². The van der Waals surface area contributed by atoms with Crippen molar-refractivity contribution in [1.29, 1.82) is 0 Å². The number of para-hydroxylation sites is 1. The van der Waals surface area contributed by atoms with Gasteiger partial charge in [0.15, 0.2) is 0 Å². The smallest absolute Gasteiger partial charge is 0.0758 e. The van der Waals surface area contributed by atoms with Gasteiger partial charge >= 0.3 is 0 Å². The van der Waals surface area contributed by atoms with Crippen LogP contribution in [0.1, 0.15) is 39.2 Å². The molecule has 0 aromatic heterocycles. The van der Waals surface area contributed by atoms with E-state index in [2.05, 4.69) is 55.3 Å². The third-order valence-electron chi connectivity index (χ3n) is 4.45. The van der Waals surface area contributed by atoms with Crippen molar-refractivity contribution >= 4 is 5.69 Å². The summed E-state index contributed by atoms with van der Waals surface area (Å²) in [6.07, 6.45) is 2.71. The molecule has 1 aromatic rings. The lowest BCUT2D eigenvalue weighted by atomic mass is 10.1. The molecule has 3 nitrogen and oxygen atoms in total. The third-order valence-corrected chi connectivity index (χ3v) is 4.45. The number of ether oxygens (including phenoxy) is 1. The van der Waals surface area contributed by atoms with Crippen LogP contribution in [0.25, 0.3) is 0 Å². The number of fused-ring (bicyclic) bond motifs is 1. The molecule has 0 amide bonds. The van der Waals surface area contributed by atoms with Gasteiger partial charge in [0.2, 0.25) is 0 Å². The molecule has 2 aliphatic heterocycles. The molecule has 0 saturated carbocycles. The Morgan fingerprint density at radius 2 is 2.15 bits per heavy atom. The minimum absolute atomic E-state index is 0.0555. The predicted molar refractivity (Wildman–Crippen MR) is 83.1 cm³/mol. The molecule has 2 atom stereocenters. The molecule has 0 radical (unpaired) electrons. The van der Waals surface area contributed by atoms with Crippen molar-refractivity contribution in [2.45, 2.75) is 57.9 Å². The van der Waals surface area contributed by atoms with Gasteiger partial charge in [0.05, 0.1) is 11.7 Å². The molecule has 0 aliphatic carbocycles. The summed E-state index contributed by atoms with van der Waals surface area (Å²) in [7, 11) is 0. The zero-order valence-electron chi connectivity index (χ0n) is 12.9. The van der Waals surface area contributed by atoms with Crippen molar-refractivity contribution in [3.8, 4) is 0 Å². The van der Waals surface area contributed by atoms with Crippen molar-refractivity contribution in [2.75, 3.05) is 18.0 Å². The fraction of sp³-hybridized carbons (Fsp3) is 0.647. The Morgan fingerprint density at radius 3 is 2.90 bits per heavy atom. The fourth-order valence-corrected chi connectivity index (χ4v) is 3.37. The van der Waals surface area contributed by atoms with Crippen LogP contribution in [-0.2, 0) is 11.3 Å². The van der Waals surface area contributed by atoms with Gasteiger partial charge in [0.25, 0.3) is 0 Å². The Morgan fingerprint density at radius 1 is 1.35 bits per heavy atom. The van der Waals surface area contributed by atoms with Gasteiger partial charge in [-0.05, 0) is 45.2 Å². The van der Waals surface area contributed by atoms with Gasteiger partial charge in [-0.1, -0.05) is 18.2 Å². The molecule has 0 bridgehead atoms. The first-order valence-electron chi connectivity index (χ1n) is 7.77. The van der Waals surface area contributed by atoms with E-state index in [0.29, 0.717) is 12.1 Å². The molecule has 3 rings (SSSR count). The van der Waals surface area contributed by atoms with Gasteiger partial charge in [0.1, 0.15) is 0 Å². The Balaban J connectivity index is 1.77. The molecule has 2 heterocycles. The second-order valence-corrected chi connectivity index (χ2v) is 6.85. The Kier molecular flexibility index (Phi) is 3.74. The minimum atomic E-state index is 0.0555. The van der Waals surface area contributed by atoms with E-state index >= 15 is 0 Å². The van der Waals surface area contributed by atoms with Crippen molar-refractivity contribution < 1.29 is 4.74 Å². The first kappa shape index (κ1) is 13.9. The Hall–Kier alpha value is -1.06. The molecule has 3 heteroatoms. The van der Waals surface area contributed by atoms with Crippen LogP contribution in [0.15, 0.2) is 24.3 Å². The lowest BCUT2D eigenvalue weighted by molar-refractivity contribution is -0.0116. The van der Waals surface area contributed by atoms with Crippen LogP contribution < -0.4 is 10.2 Å². The monoisotopic (exact) mass is 274 g/mol. The van der Waals surface area contributed by atoms with E-state index in [1.54, 1.807) is 0 Å². The summed E-state index contributed by atoms with van der Waals surface area (Å²) in [5.74, 6) is 0. The van der Waals surface area contributed by atoms with E-state index < -0.39 is 0 Å². The first-order chi connectivity index (χ1) is 9.53. The second kappa shape index (κ2) is 5.38. The molecule has 20 heavy (non-hydrogen) atoms. The maximum Gasteiger partial charge on any atom is 0.0758 e. The second-order valence-electron chi connectivity index (χ2n) is 6.85. The number of hydrogen-bond acceptors (Lipinski definition) is 3. The highest BCUT2D eigenvalue weighted by atomic mass is 16.5. The fourth-order valence-electron chi connectivity index (χ4n) is 3.37. The normalized spacial score (nSPS) is 29.1. The van der Waals surface area contributed by atoms with Crippen LogP contribution in [0.3, 0.4) is 0 Å². The third kappa shape index (κ3) is 2.99. The topological polar surface area (TPSA) is 24.5 Å². The van der Waals surface area contributed by atoms with E-state index in [0.717, 1.165) is 19.6 Å². The average molecular weight is 274 g/mol. The number of anilines is 1. The van der Waals surface area contributed by atoms with E-state index in [9.17, 15) is 0 Å². The standard InChI is InChI=1S/C17H26N2O/c1-13-11-19(12-15-8-9-17(2,3)20-15)16-7-5-4-6-14(16)10-18-13/h4-7,13,15,18H,8-12H2,1-3H3. The Bertz CT molecular complexity index is 472. The number of nitrogens with zero attached hydrogens (tertiary/aromatic N) is 1. The van der Waals surface area contributed by atoms with Crippen molar-refractivity contribution in [3.63, 3.8) is 0 Å². The first-order valence-corrected chi connectivity index (χ1v) is 7.77. The van der Waals surface area contributed by atoms with Crippen LogP contribution >= 0.6 is 0 Å². The SMILES string of the molecule is CC1CN(CC2CCC(C)(C)O2)c2ccccc2CN1. The van der Waals surface area contributed by atoms with E-state index in [4.69, 9.17) is 4.74 Å². The summed E-state index contributed by atoms with van der Waals surface area (Å²) >= 11 is 0. The summed E-state index contributed by atoms with van der Waals surface area (Å²) in [6.45, 7) is 9.69. The highest BCUT2D eigenvalue weighted by molar-refractivity contribution is 5.54. The Labute approximate surface area is 122 Å². The molecule has 2 aliphatic rings. The van der Waals surface area contributed by atoms with Gasteiger partial charge in [-0.25, -0.2) is 0 Å². The van der Waals surface area contributed by atoms with Gasteiger partial charge in [0, 0.05) is 31.4 Å². The lowest BCUT2D eigenvalue weighted by Gasteiger charge is -2.30. The summed E-state index contributed by atoms with van der Waals surface area (Å²) in [5.41, 5.74) is 2.83. The maximum absolute atomic E-state index is 6.18. The van der Waals surface area contributed by atoms with Gasteiger partial charge in [-0.15, -0.1) is 0 Å². The quantitative estimate of drug-likeness (QED) is 0.897. The highest BCUT2D eigenvalue weighted by Gasteiger charge is 2.33. The van der Waals surface area contributed by atoms with E-state index in [-0.39, 0.29) is 5.60 Å². The molecule has 1 N–H and O–H groups in total. The van der Waals surface area contributed by atoms with Gasteiger partial charge in [-0.2, -0.15) is 0 Å². The summed E-state index contributed by atoms with van der Waals surface area (Å²) in [5, 5.41) is 3.59. The molecular formula is C17H26N2O.